The summed E-state index contributed by atoms with van der Waals surface area (Å²) in [6.07, 6.45) is 2.71. The van der Waals surface area contributed by atoms with E-state index < -0.39 is 5.92 Å². The van der Waals surface area contributed by atoms with Crippen molar-refractivity contribution in [3.05, 3.63) is 59.3 Å². The molecule has 28 heavy (non-hydrogen) atoms. The van der Waals surface area contributed by atoms with Crippen LogP contribution in [0.2, 0.25) is 0 Å². The highest BCUT2D eigenvalue weighted by Crippen LogP contribution is 2.27. The van der Waals surface area contributed by atoms with Crippen LogP contribution in [0.15, 0.2) is 52.5 Å². The Morgan fingerprint density at radius 2 is 2.14 bits per heavy atom. The van der Waals surface area contributed by atoms with Gasteiger partial charge in [-0.2, -0.15) is 0 Å². The Bertz CT molecular complexity index is 963. The lowest BCUT2D eigenvalue weighted by molar-refractivity contribution is -0.149. The third-order valence-electron chi connectivity index (χ3n) is 4.76. The molecule has 0 saturated carbocycles. The lowest BCUT2D eigenvalue weighted by Crippen LogP contribution is -2.26. The van der Waals surface area contributed by atoms with Crippen LogP contribution in [0.1, 0.15) is 24.6 Å². The van der Waals surface area contributed by atoms with E-state index in [-0.39, 0.29) is 24.9 Å². The second kappa shape index (κ2) is 7.98. The van der Waals surface area contributed by atoms with Crippen molar-refractivity contribution >= 4 is 28.9 Å². The van der Waals surface area contributed by atoms with Gasteiger partial charge in [-0.1, -0.05) is 19.1 Å². The van der Waals surface area contributed by atoms with Crippen LogP contribution >= 0.6 is 11.3 Å². The maximum Gasteiger partial charge on any atom is 0.311 e. The molecule has 0 bridgehead atoms. The maximum absolute atomic E-state index is 12.4. The van der Waals surface area contributed by atoms with Gasteiger partial charge in [-0.15, -0.1) is 11.3 Å². The minimum atomic E-state index is -0.457. The zero-order valence-electron chi connectivity index (χ0n) is 15.5. The van der Waals surface area contributed by atoms with E-state index >= 15 is 0 Å². The van der Waals surface area contributed by atoms with Crippen LogP contribution in [-0.4, -0.2) is 23.4 Å². The first-order valence-corrected chi connectivity index (χ1v) is 10.1. The molecule has 1 fully saturated rings. The molecule has 6 nitrogen and oxygen atoms in total. The van der Waals surface area contributed by atoms with Crippen LogP contribution in [0, 0.1) is 5.92 Å². The molecular formula is C21H20N2O4S. The summed E-state index contributed by atoms with van der Waals surface area (Å²) in [4.78, 5) is 30.9. The number of aryl methyl sites for hydroxylation is 1. The van der Waals surface area contributed by atoms with Gasteiger partial charge in [0.05, 0.1) is 17.9 Å². The molecule has 2 aromatic heterocycles. The van der Waals surface area contributed by atoms with Crippen molar-refractivity contribution in [3.8, 4) is 10.8 Å². The average molecular weight is 396 g/mol. The van der Waals surface area contributed by atoms with Crippen molar-refractivity contribution in [2.75, 3.05) is 11.4 Å². The summed E-state index contributed by atoms with van der Waals surface area (Å²) in [6.45, 7) is 2.52. The first kappa shape index (κ1) is 18.4. The summed E-state index contributed by atoms with van der Waals surface area (Å²) in [5.74, 6) is -0.191. The van der Waals surface area contributed by atoms with E-state index in [0.29, 0.717) is 18.0 Å². The number of furan rings is 1. The Hall–Kier alpha value is -2.93. The van der Waals surface area contributed by atoms with E-state index in [9.17, 15) is 9.59 Å². The molecule has 0 N–H and O–H groups in total. The Morgan fingerprint density at radius 1 is 1.32 bits per heavy atom. The molecule has 0 spiro atoms. The fourth-order valence-electron chi connectivity index (χ4n) is 3.18. The number of benzene rings is 1. The molecule has 1 amide bonds. The van der Waals surface area contributed by atoms with Crippen LogP contribution in [0.25, 0.3) is 10.8 Å². The highest BCUT2D eigenvalue weighted by Gasteiger charge is 2.36. The summed E-state index contributed by atoms with van der Waals surface area (Å²) in [7, 11) is 0. The molecule has 1 saturated heterocycles. The van der Waals surface area contributed by atoms with E-state index in [1.165, 1.54) is 16.9 Å². The van der Waals surface area contributed by atoms with E-state index in [0.717, 1.165) is 17.1 Å². The van der Waals surface area contributed by atoms with Gasteiger partial charge >= 0.3 is 5.97 Å². The van der Waals surface area contributed by atoms with Crippen molar-refractivity contribution in [1.82, 2.24) is 4.98 Å². The Morgan fingerprint density at radius 3 is 2.86 bits per heavy atom. The molecule has 7 heteroatoms. The number of hydrogen-bond acceptors (Lipinski definition) is 6. The van der Waals surface area contributed by atoms with Gasteiger partial charge in [0.2, 0.25) is 5.91 Å². The SMILES string of the molecule is CCc1ccc(N2CC(C(=O)OCc3csc(-c4ccco4)n3)CC2=O)cc1. The summed E-state index contributed by atoms with van der Waals surface area (Å²) >= 11 is 1.43. The molecule has 1 aliphatic rings. The third-order valence-corrected chi connectivity index (χ3v) is 5.67. The molecular weight excluding hydrogens is 376 g/mol. The van der Waals surface area contributed by atoms with Crippen molar-refractivity contribution in [3.63, 3.8) is 0 Å². The van der Waals surface area contributed by atoms with Crippen LogP contribution < -0.4 is 4.90 Å². The molecule has 3 aromatic rings. The first-order chi connectivity index (χ1) is 13.6. The monoisotopic (exact) mass is 396 g/mol. The Labute approximate surface area is 166 Å². The van der Waals surface area contributed by atoms with Gasteiger partial charge in [-0.25, -0.2) is 4.98 Å². The fraction of sp³-hybridized carbons (Fsp3) is 0.286. The van der Waals surface area contributed by atoms with Gasteiger partial charge in [0.1, 0.15) is 6.61 Å². The molecule has 1 atom stereocenters. The lowest BCUT2D eigenvalue weighted by Gasteiger charge is -2.16. The number of nitrogens with zero attached hydrogens (tertiary/aromatic N) is 2. The van der Waals surface area contributed by atoms with Crippen LogP contribution in [0.3, 0.4) is 0 Å². The van der Waals surface area contributed by atoms with Crippen molar-refractivity contribution < 1.29 is 18.7 Å². The highest BCUT2D eigenvalue weighted by molar-refractivity contribution is 7.13. The molecule has 0 radical (unpaired) electrons. The van der Waals surface area contributed by atoms with E-state index in [1.807, 2.05) is 35.7 Å². The number of amides is 1. The summed E-state index contributed by atoms with van der Waals surface area (Å²) in [5, 5.41) is 2.58. The highest BCUT2D eigenvalue weighted by atomic mass is 32.1. The number of carbonyl (C=O) groups is 2. The number of carbonyl (C=O) groups excluding carboxylic acids is 2. The Kier molecular flexibility index (Phi) is 5.25. The standard InChI is InChI=1S/C21H20N2O4S/c1-2-14-5-7-17(8-6-14)23-11-15(10-19(23)24)21(25)27-12-16-13-28-20(22-16)18-4-3-9-26-18/h3-9,13,15H,2,10-12H2,1H3. The second-order valence-electron chi connectivity index (χ2n) is 6.65. The number of anilines is 1. The maximum atomic E-state index is 12.4. The lowest BCUT2D eigenvalue weighted by atomic mass is 10.1. The molecule has 4 rings (SSSR count). The van der Waals surface area contributed by atoms with Gasteiger partial charge in [0.25, 0.3) is 0 Å². The van der Waals surface area contributed by atoms with Gasteiger partial charge in [0.15, 0.2) is 10.8 Å². The minimum absolute atomic E-state index is 0.0556. The zero-order chi connectivity index (χ0) is 19.5. The third kappa shape index (κ3) is 3.84. The topological polar surface area (TPSA) is 72.6 Å². The number of esters is 1. The predicted molar refractivity (Wildman–Crippen MR) is 106 cm³/mol. The average Bonchev–Trinajstić information content (AvgIpc) is 3.46. The smallest absolute Gasteiger partial charge is 0.311 e. The summed E-state index contributed by atoms with van der Waals surface area (Å²) < 4.78 is 10.7. The molecule has 0 aliphatic carbocycles. The van der Waals surface area contributed by atoms with Crippen LogP contribution in [0.4, 0.5) is 5.69 Å². The van der Waals surface area contributed by atoms with Crippen molar-refractivity contribution in [1.29, 1.82) is 0 Å². The molecule has 144 valence electrons. The van der Waals surface area contributed by atoms with Crippen LogP contribution in [-0.2, 0) is 27.4 Å². The number of ether oxygens (including phenoxy) is 1. The van der Waals surface area contributed by atoms with Crippen molar-refractivity contribution in [2.45, 2.75) is 26.4 Å². The summed E-state index contributed by atoms with van der Waals surface area (Å²) in [5.41, 5.74) is 2.70. The number of rotatable bonds is 6. The Balaban J connectivity index is 1.34. The largest absolute Gasteiger partial charge is 0.462 e. The number of hydrogen-bond donors (Lipinski definition) is 0. The predicted octanol–water partition coefficient (Wildman–Crippen LogP) is 4.06. The molecule has 3 heterocycles. The molecule has 1 aliphatic heterocycles. The van der Waals surface area contributed by atoms with E-state index in [2.05, 4.69) is 11.9 Å². The zero-order valence-corrected chi connectivity index (χ0v) is 16.3. The molecule has 1 aromatic carbocycles. The van der Waals surface area contributed by atoms with Gasteiger partial charge < -0.3 is 14.1 Å². The normalized spacial score (nSPS) is 16.5. The van der Waals surface area contributed by atoms with Crippen LogP contribution in [0.5, 0.6) is 0 Å². The van der Waals surface area contributed by atoms with Gasteiger partial charge in [0, 0.05) is 24.0 Å². The quantitative estimate of drug-likeness (QED) is 0.588. The first-order valence-electron chi connectivity index (χ1n) is 9.18. The number of aromatic nitrogens is 1. The number of thiazole rings is 1. The fourth-order valence-corrected chi connectivity index (χ4v) is 3.95. The van der Waals surface area contributed by atoms with Gasteiger partial charge in [-0.3, -0.25) is 9.59 Å². The van der Waals surface area contributed by atoms with E-state index in [4.69, 9.17) is 9.15 Å². The summed E-state index contributed by atoms with van der Waals surface area (Å²) in [6, 6.07) is 11.5. The molecule has 1 unspecified atom stereocenters. The van der Waals surface area contributed by atoms with Gasteiger partial charge in [-0.05, 0) is 36.2 Å². The van der Waals surface area contributed by atoms with Crippen molar-refractivity contribution in [2.24, 2.45) is 5.92 Å². The van der Waals surface area contributed by atoms with E-state index in [1.54, 1.807) is 17.2 Å². The second-order valence-corrected chi connectivity index (χ2v) is 7.51. The minimum Gasteiger partial charge on any atom is -0.462 e.